The molecule has 110 valence electrons. The summed E-state index contributed by atoms with van der Waals surface area (Å²) >= 11 is 0. The van der Waals surface area contributed by atoms with Gasteiger partial charge in [0.05, 0.1) is 0 Å². The maximum Gasteiger partial charge on any atom is 0.0208 e. The summed E-state index contributed by atoms with van der Waals surface area (Å²) in [5.74, 6) is 0.632. The zero-order valence-electron chi connectivity index (χ0n) is 12.8. The van der Waals surface area contributed by atoms with E-state index in [9.17, 15) is 0 Å². The quantitative estimate of drug-likeness (QED) is 0.877. The van der Waals surface area contributed by atoms with Crippen molar-refractivity contribution in [3.05, 3.63) is 35.4 Å². The van der Waals surface area contributed by atoms with Gasteiger partial charge in [0, 0.05) is 32.1 Å². The van der Waals surface area contributed by atoms with Gasteiger partial charge in [-0.2, -0.15) is 0 Å². The van der Waals surface area contributed by atoms with Crippen molar-refractivity contribution < 1.29 is 0 Å². The first-order chi connectivity index (χ1) is 9.77. The highest BCUT2D eigenvalue weighted by atomic mass is 14.9. The minimum atomic E-state index is 0.542. The van der Waals surface area contributed by atoms with E-state index in [-0.39, 0.29) is 0 Å². The summed E-state index contributed by atoms with van der Waals surface area (Å²) in [5.41, 5.74) is 3.57. The Morgan fingerprint density at radius 2 is 2.00 bits per heavy atom. The highest BCUT2D eigenvalue weighted by Crippen LogP contribution is 2.35. The van der Waals surface area contributed by atoms with Gasteiger partial charge in [-0.3, -0.25) is 0 Å². The minimum Gasteiger partial charge on any atom is -0.316 e. The molecule has 2 heteroatoms. The molecule has 1 unspecified atom stereocenters. The van der Waals surface area contributed by atoms with Gasteiger partial charge < -0.3 is 10.6 Å². The largest absolute Gasteiger partial charge is 0.316 e. The van der Waals surface area contributed by atoms with E-state index in [1.807, 2.05) is 0 Å². The predicted octanol–water partition coefficient (Wildman–Crippen LogP) is 3.43. The summed E-state index contributed by atoms with van der Waals surface area (Å²) < 4.78 is 0. The van der Waals surface area contributed by atoms with Crippen LogP contribution in [0.2, 0.25) is 0 Å². The molecule has 2 N–H and O–H groups in total. The normalized spacial score (nSPS) is 25.1. The average Bonchev–Trinajstić information content (AvgIpc) is 2.48. The van der Waals surface area contributed by atoms with E-state index >= 15 is 0 Å². The fourth-order valence-corrected chi connectivity index (χ4v) is 3.90. The van der Waals surface area contributed by atoms with Crippen LogP contribution in [0.1, 0.15) is 56.1 Å². The van der Waals surface area contributed by atoms with Crippen LogP contribution in [0.25, 0.3) is 0 Å². The van der Waals surface area contributed by atoms with Crippen molar-refractivity contribution in [1.29, 1.82) is 0 Å². The molecule has 0 bridgehead atoms. The van der Waals surface area contributed by atoms with Crippen LogP contribution in [0, 0.1) is 5.41 Å². The van der Waals surface area contributed by atoms with E-state index in [2.05, 4.69) is 41.8 Å². The standard InChI is InChI=1S/C18H28N2/c1-18(9-5-2-6-10-18)14-20-13-16-12-19-11-15-7-3-4-8-17(15)16/h3-4,7-8,16,19-20H,2,5-6,9-14H2,1H3. The zero-order valence-corrected chi connectivity index (χ0v) is 12.8. The highest BCUT2D eigenvalue weighted by molar-refractivity contribution is 5.32. The maximum absolute atomic E-state index is 3.77. The fraction of sp³-hybridized carbons (Fsp3) is 0.667. The third kappa shape index (κ3) is 3.24. The molecule has 20 heavy (non-hydrogen) atoms. The Balaban J connectivity index is 1.54. The van der Waals surface area contributed by atoms with E-state index in [0.717, 1.165) is 19.6 Å². The minimum absolute atomic E-state index is 0.542. The summed E-state index contributed by atoms with van der Waals surface area (Å²) in [6, 6.07) is 8.90. The molecule has 0 saturated heterocycles. The molecular formula is C18H28N2. The van der Waals surface area contributed by atoms with Gasteiger partial charge in [0.1, 0.15) is 0 Å². The lowest BCUT2D eigenvalue weighted by molar-refractivity contribution is 0.206. The first kappa shape index (κ1) is 14.1. The number of hydrogen-bond donors (Lipinski definition) is 2. The van der Waals surface area contributed by atoms with Crippen molar-refractivity contribution in [2.24, 2.45) is 5.41 Å². The Labute approximate surface area is 123 Å². The third-order valence-electron chi connectivity index (χ3n) is 5.20. The molecule has 0 aromatic heterocycles. The third-order valence-corrected chi connectivity index (χ3v) is 5.20. The van der Waals surface area contributed by atoms with Crippen molar-refractivity contribution in [2.75, 3.05) is 19.6 Å². The lowest BCUT2D eigenvalue weighted by Crippen LogP contribution is -2.39. The van der Waals surface area contributed by atoms with Crippen molar-refractivity contribution in [3.63, 3.8) is 0 Å². The summed E-state index contributed by atoms with van der Waals surface area (Å²) in [6.07, 6.45) is 7.09. The molecule has 0 spiro atoms. The zero-order chi connectivity index (χ0) is 13.8. The summed E-state index contributed by atoms with van der Waals surface area (Å²) in [5, 5.41) is 7.32. The van der Waals surface area contributed by atoms with E-state index in [4.69, 9.17) is 0 Å². The molecule has 1 aliphatic heterocycles. The summed E-state index contributed by atoms with van der Waals surface area (Å²) in [4.78, 5) is 0. The summed E-state index contributed by atoms with van der Waals surface area (Å²) in [6.45, 7) is 6.91. The highest BCUT2D eigenvalue weighted by Gasteiger charge is 2.27. The van der Waals surface area contributed by atoms with Gasteiger partial charge in [0.25, 0.3) is 0 Å². The number of benzene rings is 1. The topological polar surface area (TPSA) is 24.1 Å². The van der Waals surface area contributed by atoms with Crippen LogP contribution in [0.3, 0.4) is 0 Å². The van der Waals surface area contributed by atoms with Crippen LogP contribution < -0.4 is 10.6 Å². The predicted molar refractivity (Wildman–Crippen MR) is 85.0 cm³/mol. The van der Waals surface area contributed by atoms with Crippen LogP contribution in [0.15, 0.2) is 24.3 Å². The molecule has 0 radical (unpaired) electrons. The Hall–Kier alpha value is -0.860. The SMILES string of the molecule is CC1(CNCC2CNCc3ccccc32)CCCCC1. The van der Waals surface area contributed by atoms with E-state index in [1.54, 1.807) is 5.56 Å². The van der Waals surface area contributed by atoms with Crippen LogP contribution >= 0.6 is 0 Å². The van der Waals surface area contributed by atoms with Gasteiger partial charge in [-0.1, -0.05) is 50.5 Å². The molecule has 2 aliphatic rings. The number of rotatable bonds is 4. The fourth-order valence-electron chi connectivity index (χ4n) is 3.90. The van der Waals surface area contributed by atoms with Gasteiger partial charge in [-0.05, 0) is 29.4 Å². The lowest BCUT2D eigenvalue weighted by atomic mass is 9.75. The number of nitrogens with one attached hydrogen (secondary N) is 2. The maximum atomic E-state index is 3.77. The number of hydrogen-bond acceptors (Lipinski definition) is 2. The molecule has 1 aromatic carbocycles. The van der Waals surface area contributed by atoms with E-state index < -0.39 is 0 Å². The van der Waals surface area contributed by atoms with E-state index in [0.29, 0.717) is 11.3 Å². The van der Waals surface area contributed by atoms with E-state index in [1.165, 1.54) is 44.2 Å². The molecule has 0 amide bonds. The second kappa shape index (κ2) is 6.28. The Bertz CT molecular complexity index is 435. The monoisotopic (exact) mass is 272 g/mol. The molecule has 1 atom stereocenters. The Morgan fingerprint density at radius 3 is 2.85 bits per heavy atom. The van der Waals surface area contributed by atoms with Gasteiger partial charge in [0.15, 0.2) is 0 Å². The molecular weight excluding hydrogens is 244 g/mol. The van der Waals surface area contributed by atoms with Crippen molar-refractivity contribution in [3.8, 4) is 0 Å². The van der Waals surface area contributed by atoms with Gasteiger partial charge in [-0.25, -0.2) is 0 Å². The summed E-state index contributed by atoms with van der Waals surface area (Å²) in [7, 11) is 0. The van der Waals surface area contributed by atoms with Crippen molar-refractivity contribution >= 4 is 0 Å². The first-order valence-corrected chi connectivity index (χ1v) is 8.26. The Morgan fingerprint density at radius 1 is 1.20 bits per heavy atom. The Kier molecular flexibility index (Phi) is 4.42. The molecule has 2 nitrogen and oxygen atoms in total. The van der Waals surface area contributed by atoms with Crippen LogP contribution in [0.4, 0.5) is 0 Å². The second-order valence-electron chi connectivity index (χ2n) is 7.03. The van der Waals surface area contributed by atoms with Crippen LogP contribution in [0.5, 0.6) is 0 Å². The molecule has 1 aliphatic carbocycles. The first-order valence-electron chi connectivity index (χ1n) is 8.26. The molecule has 1 fully saturated rings. The van der Waals surface area contributed by atoms with Crippen LogP contribution in [-0.2, 0) is 6.54 Å². The molecule has 3 rings (SSSR count). The second-order valence-corrected chi connectivity index (χ2v) is 7.03. The van der Waals surface area contributed by atoms with Crippen molar-refractivity contribution in [1.82, 2.24) is 10.6 Å². The molecule has 1 heterocycles. The number of fused-ring (bicyclic) bond motifs is 1. The van der Waals surface area contributed by atoms with Crippen LogP contribution in [-0.4, -0.2) is 19.6 Å². The average molecular weight is 272 g/mol. The van der Waals surface area contributed by atoms with Gasteiger partial charge in [-0.15, -0.1) is 0 Å². The van der Waals surface area contributed by atoms with Gasteiger partial charge in [0.2, 0.25) is 0 Å². The smallest absolute Gasteiger partial charge is 0.0208 e. The molecule has 1 saturated carbocycles. The van der Waals surface area contributed by atoms with Crippen molar-refractivity contribution in [2.45, 2.75) is 51.5 Å². The van der Waals surface area contributed by atoms with Gasteiger partial charge >= 0.3 is 0 Å². The molecule has 1 aromatic rings. The lowest BCUT2D eigenvalue weighted by Gasteiger charge is -2.35.